The Balaban J connectivity index is 2.06. The number of carbonyl (C=O) groups is 1. The van der Waals surface area contributed by atoms with E-state index < -0.39 is 10.3 Å². The Morgan fingerprint density at radius 1 is 1.03 bits per heavy atom. The van der Waals surface area contributed by atoms with Crippen LogP contribution in [0.1, 0.15) is 45.2 Å². The lowest BCUT2D eigenvalue weighted by molar-refractivity contribution is -0.384. The lowest BCUT2D eigenvalue weighted by Crippen LogP contribution is -2.36. The summed E-state index contributed by atoms with van der Waals surface area (Å²) in [7, 11) is 0. The summed E-state index contributed by atoms with van der Waals surface area (Å²) in [6.45, 7) is 8.61. The maximum absolute atomic E-state index is 12.9. The van der Waals surface area contributed by atoms with Crippen molar-refractivity contribution < 1.29 is 9.72 Å². The Morgan fingerprint density at radius 2 is 1.62 bits per heavy atom. The highest BCUT2D eigenvalue weighted by molar-refractivity contribution is 5.94. The van der Waals surface area contributed by atoms with Crippen molar-refractivity contribution >= 4 is 17.3 Å². The number of nitro benzene ring substituents is 1. The normalized spacial score (nSPS) is 11.9. The van der Waals surface area contributed by atoms with Crippen molar-refractivity contribution in [3.05, 3.63) is 69.8 Å². The van der Waals surface area contributed by atoms with E-state index in [2.05, 4.69) is 10.7 Å². The van der Waals surface area contributed by atoms with Gasteiger partial charge in [-0.3, -0.25) is 26.2 Å². The smallest absolute Gasteiger partial charge is 0.269 e. The molecule has 29 heavy (non-hydrogen) atoms. The van der Waals surface area contributed by atoms with E-state index in [0.29, 0.717) is 13.0 Å². The molecule has 0 aliphatic heterocycles. The number of nitrogens with zero attached hydrogens (tertiary/aromatic N) is 1. The van der Waals surface area contributed by atoms with Gasteiger partial charge in [-0.1, -0.05) is 52.0 Å². The number of hydrogen-bond acceptors (Lipinski definition) is 5. The van der Waals surface area contributed by atoms with Gasteiger partial charge in [0, 0.05) is 29.8 Å². The van der Waals surface area contributed by atoms with Gasteiger partial charge in [-0.15, -0.1) is 0 Å². The first-order valence-corrected chi connectivity index (χ1v) is 9.64. The van der Waals surface area contributed by atoms with E-state index in [9.17, 15) is 14.9 Å². The predicted molar refractivity (Wildman–Crippen MR) is 115 cm³/mol. The summed E-state index contributed by atoms with van der Waals surface area (Å²) in [6, 6.07) is 14.3. The molecule has 0 heterocycles. The summed E-state index contributed by atoms with van der Waals surface area (Å²) < 4.78 is 0. The molecular formula is C22H30N4O3. The molecule has 2 rings (SSSR count). The summed E-state index contributed by atoms with van der Waals surface area (Å²) in [6.07, 6.45) is 1.41. The van der Waals surface area contributed by atoms with Crippen LogP contribution in [0.4, 0.5) is 11.4 Å². The second-order valence-corrected chi connectivity index (χ2v) is 8.60. The number of benzene rings is 2. The van der Waals surface area contributed by atoms with E-state index >= 15 is 0 Å². The van der Waals surface area contributed by atoms with Gasteiger partial charge in [-0.2, -0.15) is 0 Å². The van der Waals surface area contributed by atoms with Gasteiger partial charge in [-0.25, -0.2) is 0 Å². The molecule has 0 aliphatic carbocycles. The molecule has 156 valence electrons. The number of hydrazine groups is 1. The Kier molecular flexibility index (Phi) is 7.11. The van der Waals surface area contributed by atoms with Crippen molar-refractivity contribution in [1.82, 2.24) is 5.43 Å². The first kappa shape index (κ1) is 22.5. The highest BCUT2D eigenvalue weighted by Gasteiger charge is 2.35. The topological polar surface area (TPSA) is 110 Å². The summed E-state index contributed by atoms with van der Waals surface area (Å²) in [5.74, 6) is 5.23. The van der Waals surface area contributed by atoms with Crippen molar-refractivity contribution in [2.24, 2.45) is 11.3 Å². The molecular weight excluding hydrogens is 368 g/mol. The number of nitro groups is 1. The number of non-ortho nitro benzene ring substituents is 1. The number of rotatable bonds is 9. The van der Waals surface area contributed by atoms with Crippen LogP contribution in [0.2, 0.25) is 0 Å². The third kappa shape index (κ3) is 6.10. The number of nitrogens with two attached hydrogens (primary N) is 1. The zero-order chi connectivity index (χ0) is 21.7. The fourth-order valence-corrected chi connectivity index (χ4v) is 3.59. The summed E-state index contributed by atoms with van der Waals surface area (Å²) in [5.41, 5.74) is 4.58. The minimum atomic E-state index is -0.632. The van der Waals surface area contributed by atoms with Crippen LogP contribution in [0, 0.1) is 15.5 Å². The summed E-state index contributed by atoms with van der Waals surface area (Å²) in [4.78, 5) is 23.4. The first-order chi connectivity index (χ1) is 13.5. The molecule has 7 nitrogen and oxygen atoms in total. The SMILES string of the molecule is CC(C)(CC(C)(C)c1ccc([N+](=O)[O-])cc1)C(=O)Nc1ccc(CCNN)cc1. The van der Waals surface area contributed by atoms with Crippen molar-refractivity contribution in [2.45, 2.75) is 46.0 Å². The van der Waals surface area contributed by atoms with Crippen LogP contribution in [0.3, 0.4) is 0 Å². The van der Waals surface area contributed by atoms with Gasteiger partial charge in [0.25, 0.3) is 5.69 Å². The molecule has 0 unspecified atom stereocenters. The van der Waals surface area contributed by atoms with Crippen LogP contribution in [0.25, 0.3) is 0 Å². The highest BCUT2D eigenvalue weighted by Crippen LogP contribution is 2.37. The Labute approximate surface area is 171 Å². The predicted octanol–water partition coefficient (Wildman–Crippen LogP) is 3.93. The minimum Gasteiger partial charge on any atom is -0.326 e. The number of carbonyl (C=O) groups excluding carboxylic acids is 1. The van der Waals surface area contributed by atoms with Gasteiger partial charge < -0.3 is 5.32 Å². The standard InChI is InChI=1S/C22H30N4O3/c1-21(2,17-7-11-19(12-8-17)26(28)29)15-22(3,4)20(27)25-18-9-5-16(6-10-18)13-14-24-23/h5-12,24H,13-15,23H2,1-4H3,(H,25,27). The molecule has 2 aromatic rings. The molecule has 0 saturated heterocycles. The summed E-state index contributed by atoms with van der Waals surface area (Å²) >= 11 is 0. The highest BCUT2D eigenvalue weighted by atomic mass is 16.6. The van der Waals surface area contributed by atoms with Crippen LogP contribution in [0.15, 0.2) is 48.5 Å². The van der Waals surface area contributed by atoms with E-state index in [4.69, 9.17) is 5.84 Å². The average Bonchev–Trinajstić information content (AvgIpc) is 2.66. The third-order valence-corrected chi connectivity index (χ3v) is 5.13. The molecule has 0 fully saturated rings. The van der Waals surface area contributed by atoms with Crippen molar-refractivity contribution in [1.29, 1.82) is 0 Å². The largest absolute Gasteiger partial charge is 0.326 e. The lowest BCUT2D eigenvalue weighted by atomic mass is 9.71. The maximum Gasteiger partial charge on any atom is 0.269 e. The van der Waals surface area contributed by atoms with Crippen LogP contribution in [-0.4, -0.2) is 17.4 Å². The molecule has 0 saturated carbocycles. The average molecular weight is 399 g/mol. The second-order valence-electron chi connectivity index (χ2n) is 8.60. The zero-order valence-electron chi connectivity index (χ0n) is 17.5. The second kappa shape index (κ2) is 9.15. The van der Waals surface area contributed by atoms with Gasteiger partial charge in [0.1, 0.15) is 0 Å². The van der Waals surface area contributed by atoms with E-state index in [1.54, 1.807) is 12.1 Å². The van der Waals surface area contributed by atoms with Gasteiger partial charge in [-0.05, 0) is 41.5 Å². The molecule has 0 spiro atoms. The Morgan fingerprint density at radius 3 is 2.14 bits per heavy atom. The number of amides is 1. The number of nitrogens with one attached hydrogen (secondary N) is 2. The van der Waals surface area contributed by atoms with Gasteiger partial charge in [0.05, 0.1) is 4.92 Å². The molecule has 0 aliphatic rings. The molecule has 4 N–H and O–H groups in total. The van der Waals surface area contributed by atoms with Crippen LogP contribution in [-0.2, 0) is 16.6 Å². The molecule has 0 radical (unpaired) electrons. The lowest BCUT2D eigenvalue weighted by Gasteiger charge is -2.34. The van der Waals surface area contributed by atoms with Gasteiger partial charge in [0.2, 0.25) is 5.91 Å². The van der Waals surface area contributed by atoms with Crippen LogP contribution in [0.5, 0.6) is 0 Å². The van der Waals surface area contributed by atoms with Gasteiger partial charge >= 0.3 is 0 Å². The number of anilines is 1. The first-order valence-electron chi connectivity index (χ1n) is 9.64. The molecule has 7 heteroatoms. The molecule has 1 amide bonds. The molecule has 0 atom stereocenters. The molecule has 2 aromatic carbocycles. The van der Waals surface area contributed by atoms with Crippen molar-refractivity contribution in [3.8, 4) is 0 Å². The minimum absolute atomic E-state index is 0.0623. The summed E-state index contributed by atoms with van der Waals surface area (Å²) in [5, 5.41) is 13.9. The monoisotopic (exact) mass is 398 g/mol. The van der Waals surface area contributed by atoms with E-state index in [1.165, 1.54) is 12.1 Å². The Hall–Kier alpha value is -2.77. The van der Waals surface area contributed by atoms with Crippen LogP contribution >= 0.6 is 0 Å². The quantitative estimate of drug-likeness (QED) is 0.337. The number of hydrogen-bond donors (Lipinski definition) is 3. The van der Waals surface area contributed by atoms with Crippen LogP contribution < -0.4 is 16.6 Å². The molecule has 0 aromatic heterocycles. The fraction of sp³-hybridized carbons (Fsp3) is 0.409. The molecule has 0 bridgehead atoms. The van der Waals surface area contributed by atoms with E-state index in [1.807, 2.05) is 52.0 Å². The Bertz CT molecular complexity index is 843. The fourth-order valence-electron chi connectivity index (χ4n) is 3.59. The van der Waals surface area contributed by atoms with Crippen molar-refractivity contribution in [3.63, 3.8) is 0 Å². The maximum atomic E-state index is 12.9. The third-order valence-electron chi connectivity index (χ3n) is 5.13. The van der Waals surface area contributed by atoms with Gasteiger partial charge in [0.15, 0.2) is 0 Å². The van der Waals surface area contributed by atoms with Crippen molar-refractivity contribution in [2.75, 3.05) is 11.9 Å². The van der Waals surface area contributed by atoms with E-state index in [-0.39, 0.29) is 17.0 Å². The zero-order valence-corrected chi connectivity index (χ0v) is 17.5. The van der Waals surface area contributed by atoms with E-state index in [0.717, 1.165) is 23.2 Å².